The molecule has 24 heavy (non-hydrogen) atoms. The van der Waals surface area contributed by atoms with Crippen LogP contribution in [-0.4, -0.2) is 28.3 Å². The molecule has 0 aliphatic heterocycles. The number of thiazole rings is 1. The molecule has 0 radical (unpaired) electrons. The van der Waals surface area contributed by atoms with Crippen LogP contribution in [-0.2, 0) is 9.59 Å². The van der Waals surface area contributed by atoms with Crippen LogP contribution in [0, 0.1) is 6.92 Å². The number of aromatic amines is 1. The minimum Gasteiger partial charge on any atom is -0.358 e. The lowest BCUT2D eigenvalue weighted by Crippen LogP contribution is -2.32. The van der Waals surface area contributed by atoms with Gasteiger partial charge >= 0.3 is 0 Å². The third-order valence-electron chi connectivity index (χ3n) is 3.67. The van der Waals surface area contributed by atoms with Gasteiger partial charge < -0.3 is 15.6 Å². The maximum absolute atomic E-state index is 11.8. The quantitative estimate of drug-likeness (QED) is 0.666. The van der Waals surface area contributed by atoms with Crippen molar-refractivity contribution in [2.45, 2.75) is 20.3 Å². The van der Waals surface area contributed by atoms with Crippen LogP contribution in [0.2, 0.25) is 0 Å². The van der Waals surface area contributed by atoms with Crippen LogP contribution >= 0.6 is 11.3 Å². The lowest BCUT2D eigenvalue weighted by Gasteiger charge is -2.03. The Morgan fingerprint density at radius 2 is 2.04 bits per heavy atom. The van der Waals surface area contributed by atoms with Crippen molar-refractivity contribution in [1.29, 1.82) is 0 Å². The molecule has 3 N–H and O–H groups in total. The minimum absolute atomic E-state index is 0.0479. The molecule has 3 rings (SSSR count). The number of hydrogen-bond acceptors (Lipinski definition) is 4. The minimum atomic E-state index is -0.284. The zero-order valence-corrected chi connectivity index (χ0v) is 14.3. The molecule has 2 amide bonds. The molecular formula is C17H18N4O2S. The molecule has 7 heteroatoms. The van der Waals surface area contributed by atoms with E-state index in [1.54, 1.807) is 6.92 Å². The van der Waals surface area contributed by atoms with E-state index < -0.39 is 0 Å². The summed E-state index contributed by atoms with van der Waals surface area (Å²) in [5.41, 5.74) is 3.96. The first kappa shape index (κ1) is 16.2. The number of aryl methyl sites for hydroxylation is 1. The number of nitrogens with zero attached hydrogens (tertiary/aromatic N) is 1. The Labute approximate surface area is 143 Å². The van der Waals surface area contributed by atoms with Crippen LogP contribution < -0.4 is 10.6 Å². The third-order valence-corrected chi connectivity index (χ3v) is 4.43. The topological polar surface area (TPSA) is 86.9 Å². The summed E-state index contributed by atoms with van der Waals surface area (Å²) in [4.78, 5) is 30.9. The lowest BCUT2D eigenvalue weighted by molar-refractivity contribution is -0.123. The number of aromatic nitrogens is 2. The van der Waals surface area contributed by atoms with Gasteiger partial charge in [-0.2, -0.15) is 0 Å². The van der Waals surface area contributed by atoms with Crippen molar-refractivity contribution in [3.8, 4) is 11.3 Å². The highest BCUT2D eigenvalue weighted by molar-refractivity contribution is 7.14. The average molecular weight is 342 g/mol. The molecule has 0 saturated heterocycles. The van der Waals surface area contributed by atoms with Gasteiger partial charge in [-0.1, -0.05) is 25.1 Å². The molecule has 0 atom stereocenters. The standard InChI is InChI=1S/C17H18N4O2S/c1-3-14(22)18-8-15(23)21-17-20-13(9-24-17)16-10(2)19-12-7-5-4-6-11(12)16/h4-7,9,19H,3,8H2,1-2H3,(H,18,22)(H,20,21,23). The van der Waals surface area contributed by atoms with Gasteiger partial charge in [-0.05, 0) is 13.0 Å². The van der Waals surface area contributed by atoms with Crippen LogP contribution in [0.15, 0.2) is 29.6 Å². The van der Waals surface area contributed by atoms with Gasteiger partial charge in [0, 0.05) is 34.0 Å². The third kappa shape index (κ3) is 3.30. The van der Waals surface area contributed by atoms with Gasteiger partial charge in [-0.3, -0.25) is 9.59 Å². The molecule has 0 fully saturated rings. The summed E-state index contributed by atoms with van der Waals surface area (Å²) in [5.74, 6) is -0.437. The molecule has 0 aliphatic carbocycles. The Kier molecular flexibility index (Phi) is 4.61. The first-order valence-corrected chi connectivity index (χ1v) is 8.56. The second-order valence-electron chi connectivity index (χ2n) is 5.39. The fourth-order valence-electron chi connectivity index (χ4n) is 2.52. The second-order valence-corrected chi connectivity index (χ2v) is 6.25. The predicted octanol–water partition coefficient (Wildman–Crippen LogP) is 3.06. The highest BCUT2D eigenvalue weighted by Gasteiger charge is 2.14. The molecule has 2 aromatic heterocycles. The first-order chi connectivity index (χ1) is 11.6. The average Bonchev–Trinajstić information content (AvgIpc) is 3.15. The Morgan fingerprint density at radius 1 is 1.25 bits per heavy atom. The molecule has 0 aliphatic rings. The molecular weight excluding hydrogens is 324 g/mol. The predicted molar refractivity (Wildman–Crippen MR) is 96.1 cm³/mol. The molecule has 0 spiro atoms. The molecule has 0 unspecified atom stereocenters. The summed E-state index contributed by atoms with van der Waals surface area (Å²) in [6.07, 6.45) is 0.356. The number of rotatable bonds is 5. The summed E-state index contributed by atoms with van der Waals surface area (Å²) in [7, 11) is 0. The molecule has 0 saturated carbocycles. The van der Waals surface area contributed by atoms with Crippen LogP contribution in [0.1, 0.15) is 19.0 Å². The molecule has 6 nitrogen and oxygen atoms in total. The normalized spacial score (nSPS) is 10.8. The zero-order chi connectivity index (χ0) is 17.1. The second kappa shape index (κ2) is 6.84. The maximum Gasteiger partial charge on any atom is 0.245 e. The van der Waals surface area contributed by atoms with Gasteiger partial charge in [-0.25, -0.2) is 4.98 Å². The molecule has 2 heterocycles. The van der Waals surface area contributed by atoms with Crippen molar-refractivity contribution < 1.29 is 9.59 Å². The van der Waals surface area contributed by atoms with E-state index in [1.165, 1.54) is 11.3 Å². The summed E-state index contributed by atoms with van der Waals surface area (Å²) in [6.45, 7) is 3.70. The number of amides is 2. The highest BCUT2D eigenvalue weighted by atomic mass is 32.1. The van der Waals surface area contributed by atoms with Crippen molar-refractivity contribution in [3.05, 3.63) is 35.3 Å². The van der Waals surface area contributed by atoms with E-state index in [-0.39, 0.29) is 18.4 Å². The van der Waals surface area contributed by atoms with E-state index in [9.17, 15) is 9.59 Å². The van der Waals surface area contributed by atoms with E-state index >= 15 is 0 Å². The largest absolute Gasteiger partial charge is 0.358 e. The van der Waals surface area contributed by atoms with Gasteiger partial charge in [0.05, 0.1) is 12.2 Å². The Balaban J connectivity index is 1.77. The van der Waals surface area contributed by atoms with E-state index in [2.05, 4.69) is 20.6 Å². The number of anilines is 1. The monoisotopic (exact) mass is 342 g/mol. The van der Waals surface area contributed by atoms with Crippen molar-refractivity contribution in [2.24, 2.45) is 0 Å². The fourth-order valence-corrected chi connectivity index (χ4v) is 3.24. The van der Waals surface area contributed by atoms with Crippen molar-refractivity contribution in [3.63, 3.8) is 0 Å². The number of benzene rings is 1. The molecule has 0 bridgehead atoms. The van der Waals surface area contributed by atoms with E-state index in [0.29, 0.717) is 11.6 Å². The van der Waals surface area contributed by atoms with Gasteiger partial charge in [0.15, 0.2) is 5.13 Å². The van der Waals surface area contributed by atoms with Crippen LogP contribution in [0.4, 0.5) is 5.13 Å². The fraction of sp³-hybridized carbons (Fsp3) is 0.235. The van der Waals surface area contributed by atoms with Gasteiger partial charge in [0.1, 0.15) is 0 Å². The van der Waals surface area contributed by atoms with E-state index in [0.717, 1.165) is 27.9 Å². The van der Waals surface area contributed by atoms with Gasteiger partial charge in [0.25, 0.3) is 0 Å². The van der Waals surface area contributed by atoms with E-state index in [4.69, 9.17) is 0 Å². The number of fused-ring (bicyclic) bond motifs is 1. The summed E-state index contributed by atoms with van der Waals surface area (Å²) in [6, 6.07) is 8.05. The Bertz CT molecular complexity index is 897. The number of carbonyl (C=O) groups excluding carboxylic acids is 2. The number of para-hydroxylation sites is 1. The number of H-pyrrole nitrogens is 1. The Hall–Kier alpha value is -2.67. The van der Waals surface area contributed by atoms with Crippen molar-refractivity contribution in [2.75, 3.05) is 11.9 Å². The number of carbonyl (C=O) groups is 2. The molecule has 124 valence electrons. The summed E-state index contributed by atoms with van der Waals surface area (Å²) in [5, 5.41) is 8.80. The Morgan fingerprint density at radius 3 is 2.83 bits per heavy atom. The molecule has 3 aromatic rings. The number of hydrogen-bond donors (Lipinski definition) is 3. The van der Waals surface area contributed by atoms with Crippen molar-refractivity contribution in [1.82, 2.24) is 15.3 Å². The number of nitrogens with one attached hydrogen (secondary N) is 3. The van der Waals surface area contributed by atoms with Crippen LogP contribution in [0.25, 0.3) is 22.2 Å². The van der Waals surface area contributed by atoms with Crippen LogP contribution in [0.3, 0.4) is 0 Å². The van der Waals surface area contributed by atoms with Gasteiger partial charge in [0.2, 0.25) is 11.8 Å². The van der Waals surface area contributed by atoms with E-state index in [1.807, 2.05) is 36.6 Å². The SMILES string of the molecule is CCC(=O)NCC(=O)Nc1nc(-c2c(C)[nH]c3ccccc23)cs1. The van der Waals surface area contributed by atoms with Gasteiger partial charge in [-0.15, -0.1) is 11.3 Å². The van der Waals surface area contributed by atoms with Crippen molar-refractivity contribution >= 4 is 39.2 Å². The van der Waals surface area contributed by atoms with Crippen LogP contribution in [0.5, 0.6) is 0 Å². The first-order valence-electron chi connectivity index (χ1n) is 7.68. The maximum atomic E-state index is 11.8. The lowest BCUT2D eigenvalue weighted by atomic mass is 10.1. The molecule has 1 aromatic carbocycles. The smallest absolute Gasteiger partial charge is 0.245 e. The zero-order valence-electron chi connectivity index (χ0n) is 13.5. The summed E-state index contributed by atoms with van der Waals surface area (Å²) >= 11 is 1.36. The highest BCUT2D eigenvalue weighted by Crippen LogP contribution is 2.33. The summed E-state index contributed by atoms with van der Waals surface area (Å²) < 4.78 is 0.